The van der Waals surface area contributed by atoms with E-state index < -0.39 is 23.4 Å². The molecule has 1 fully saturated rings. The van der Waals surface area contributed by atoms with Crippen molar-refractivity contribution in [1.82, 2.24) is 25.0 Å². The van der Waals surface area contributed by atoms with Crippen molar-refractivity contribution in [3.05, 3.63) is 59.1 Å². The first kappa shape index (κ1) is 29.1. The number of anilines is 3. The molecule has 1 saturated heterocycles. The molecule has 2 N–H and O–H groups in total. The number of rotatable bonds is 9. The Morgan fingerprint density at radius 2 is 1.77 bits per heavy atom. The predicted molar refractivity (Wildman–Crippen MR) is 141 cm³/mol. The van der Waals surface area contributed by atoms with Crippen LogP contribution in [-0.4, -0.2) is 70.2 Å². The molecule has 0 radical (unpaired) electrons. The van der Waals surface area contributed by atoms with E-state index in [0.29, 0.717) is 13.0 Å². The highest BCUT2D eigenvalue weighted by Crippen LogP contribution is 2.36. The monoisotopic (exact) mass is 576 g/mol. The van der Waals surface area contributed by atoms with Crippen LogP contribution in [0.4, 0.5) is 34.8 Å². The van der Waals surface area contributed by atoms with Crippen LogP contribution in [-0.2, 0) is 11.0 Å². The van der Waals surface area contributed by atoms with Crippen molar-refractivity contribution in [3.63, 3.8) is 0 Å². The SMILES string of the molecule is N#CCCN1CCN(CCC(=O)Nc2cc(Nc3cc(-c4cc(Cl)ccc4F)nnc3C(F)(F)F)ccn2)CC1. The van der Waals surface area contributed by atoms with Crippen molar-refractivity contribution in [2.24, 2.45) is 0 Å². The fraction of sp³-hybridized carbons (Fsp3) is 0.346. The largest absolute Gasteiger partial charge is 0.437 e. The third kappa shape index (κ3) is 7.84. The molecule has 0 unspecified atom stereocenters. The van der Waals surface area contributed by atoms with Crippen molar-refractivity contribution in [2.75, 3.05) is 49.9 Å². The van der Waals surface area contributed by atoms with Crippen molar-refractivity contribution in [1.29, 1.82) is 5.26 Å². The standard InChI is InChI=1S/C26H25ClF4N8O/c27-17-2-3-20(28)19(14-17)21-16-22(25(37-36-21)26(29,30)31)34-18-4-7-33-23(15-18)35-24(40)5-9-39-12-10-38(11-13-39)8-1-6-32/h2-4,7,14-16H,1,5,8-13H2,(H2,33,34,35,36,40). The second kappa shape index (κ2) is 13.0. The molecule has 1 aliphatic rings. The van der Waals surface area contributed by atoms with Gasteiger partial charge in [0, 0.05) is 80.6 Å². The van der Waals surface area contributed by atoms with Gasteiger partial charge in [0.15, 0.2) is 5.69 Å². The van der Waals surface area contributed by atoms with E-state index in [9.17, 15) is 22.4 Å². The Morgan fingerprint density at radius 3 is 2.48 bits per heavy atom. The van der Waals surface area contributed by atoms with Crippen molar-refractivity contribution < 1.29 is 22.4 Å². The predicted octanol–water partition coefficient (Wildman–Crippen LogP) is 4.95. The van der Waals surface area contributed by atoms with Gasteiger partial charge in [0.2, 0.25) is 5.91 Å². The minimum atomic E-state index is -4.84. The molecule has 0 atom stereocenters. The van der Waals surface area contributed by atoms with Gasteiger partial charge in [-0.05, 0) is 30.3 Å². The fourth-order valence-electron chi connectivity index (χ4n) is 4.16. The van der Waals surface area contributed by atoms with Gasteiger partial charge in [-0.1, -0.05) is 11.6 Å². The Labute approximate surface area is 232 Å². The Bertz CT molecular complexity index is 1390. The third-order valence-corrected chi connectivity index (χ3v) is 6.47. The van der Waals surface area contributed by atoms with Crippen LogP contribution in [0.25, 0.3) is 11.3 Å². The molecule has 1 amide bonds. The zero-order valence-corrected chi connectivity index (χ0v) is 21.9. The highest BCUT2D eigenvalue weighted by atomic mass is 35.5. The van der Waals surface area contributed by atoms with Gasteiger partial charge >= 0.3 is 6.18 Å². The quantitative estimate of drug-likeness (QED) is 0.344. The topological polar surface area (TPSA) is 110 Å². The molecule has 40 heavy (non-hydrogen) atoms. The van der Waals surface area contributed by atoms with Gasteiger partial charge in [-0.15, -0.1) is 10.2 Å². The summed E-state index contributed by atoms with van der Waals surface area (Å²) >= 11 is 5.92. The van der Waals surface area contributed by atoms with Crippen LogP contribution >= 0.6 is 11.6 Å². The van der Waals surface area contributed by atoms with Crippen LogP contribution in [0.5, 0.6) is 0 Å². The summed E-state index contributed by atoms with van der Waals surface area (Å²) in [4.78, 5) is 21.0. The van der Waals surface area contributed by atoms with Gasteiger partial charge < -0.3 is 15.5 Å². The minimum absolute atomic E-state index is 0.108. The van der Waals surface area contributed by atoms with Crippen molar-refractivity contribution in [2.45, 2.75) is 19.0 Å². The maximum Gasteiger partial charge on any atom is 0.437 e. The van der Waals surface area contributed by atoms with E-state index in [1.165, 1.54) is 30.5 Å². The molecule has 0 spiro atoms. The summed E-state index contributed by atoms with van der Waals surface area (Å²) in [5.74, 6) is -0.871. The molecule has 4 rings (SSSR count). The number of halogens is 5. The van der Waals surface area contributed by atoms with Crippen LogP contribution in [0.1, 0.15) is 18.5 Å². The molecule has 0 saturated carbocycles. The number of hydrogen-bond acceptors (Lipinski definition) is 8. The molecule has 2 aromatic heterocycles. The highest BCUT2D eigenvalue weighted by Gasteiger charge is 2.37. The lowest BCUT2D eigenvalue weighted by Gasteiger charge is -2.34. The molecule has 1 aromatic carbocycles. The van der Waals surface area contributed by atoms with E-state index in [1.54, 1.807) is 0 Å². The molecule has 9 nitrogen and oxygen atoms in total. The molecule has 210 valence electrons. The average Bonchev–Trinajstić information content (AvgIpc) is 2.92. The Morgan fingerprint density at radius 1 is 1.05 bits per heavy atom. The van der Waals surface area contributed by atoms with E-state index in [1.807, 2.05) is 0 Å². The lowest BCUT2D eigenvalue weighted by atomic mass is 10.1. The lowest BCUT2D eigenvalue weighted by molar-refractivity contribution is -0.141. The van der Waals surface area contributed by atoms with Gasteiger partial charge in [0.25, 0.3) is 0 Å². The summed E-state index contributed by atoms with van der Waals surface area (Å²) in [7, 11) is 0. The number of alkyl halides is 3. The van der Waals surface area contributed by atoms with Crippen molar-refractivity contribution in [3.8, 4) is 17.3 Å². The molecule has 3 heterocycles. The maximum atomic E-state index is 14.3. The summed E-state index contributed by atoms with van der Waals surface area (Å²) in [6.07, 6.45) is -2.82. The van der Waals surface area contributed by atoms with Gasteiger partial charge in [0.1, 0.15) is 11.6 Å². The van der Waals surface area contributed by atoms with E-state index in [4.69, 9.17) is 16.9 Å². The van der Waals surface area contributed by atoms with Crippen LogP contribution in [0.15, 0.2) is 42.6 Å². The second-order valence-corrected chi connectivity index (χ2v) is 9.49. The second-order valence-electron chi connectivity index (χ2n) is 9.06. The molecule has 1 aliphatic heterocycles. The highest BCUT2D eigenvalue weighted by molar-refractivity contribution is 6.30. The van der Waals surface area contributed by atoms with Gasteiger partial charge in [0.05, 0.1) is 17.5 Å². The van der Waals surface area contributed by atoms with Crippen LogP contribution in [0.3, 0.4) is 0 Å². The average molecular weight is 577 g/mol. The summed E-state index contributed by atoms with van der Waals surface area (Å²) in [6, 6.07) is 9.60. The van der Waals surface area contributed by atoms with Crippen LogP contribution < -0.4 is 10.6 Å². The smallest absolute Gasteiger partial charge is 0.353 e. The molecule has 0 bridgehead atoms. The zero-order valence-electron chi connectivity index (χ0n) is 21.2. The Kier molecular flexibility index (Phi) is 9.46. The number of nitrogens with one attached hydrogen (secondary N) is 2. The first-order valence-corrected chi connectivity index (χ1v) is 12.7. The number of pyridine rings is 1. The summed E-state index contributed by atoms with van der Waals surface area (Å²) in [5.41, 5.74) is -1.83. The number of benzene rings is 1. The number of piperazine rings is 1. The number of amides is 1. The number of nitriles is 1. The maximum absolute atomic E-state index is 14.3. The third-order valence-electron chi connectivity index (χ3n) is 6.23. The Balaban J connectivity index is 1.42. The fourth-order valence-corrected chi connectivity index (χ4v) is 4.34. The van der Waals surface area contributed by atoms with E-state index >= 15 is 0 Å². The molecular formula is C26H25ClF4N8O. The summed E-state index contributed by atoms with van der Waals surface area (Å²) < 4.78 is 55.3. The molecule has 0 aliphatic carbocycles. The van der Waals surface area contributed by atoms with E-state index in [-0.39, 0.29) is 40.1 Å². The van der Waals surface area contributed by atoms with Gasteiger partial charge in [-0.3, -0.25) is 9.69 Å². The summed E-state index contributed by atoms with van der Waals surface area (Å²) in [5, 5.41) is 21.0. The van der Waals surface area contributed by atoms with Crippen molar-refractivity contribution >= 4 is 34.7 Å². The zero-order chi connectivity index (χ0) is 28.7. The first-order valence-electron chi connectivity index (χ1n) is 12.4. The lowest BCUT2D eigenvalue weighted by Crippen LogP contribution is -2.47. The molecule has 3 aromatic rings. The molecular weight excluding hydrogens is 552 g/mol. The number of carbonyl (C=O) groups is 1. The number of carbonyl (C=O) groups excluding carboxylic acids is 1. The first-order chi connectivity index (χ1) is 19.1. The van der Waals surface area contributed by atoms with Gasteiger partial charge in [-0.25, -0.2) is 9.37 Å². The minimum Gasteiger partial charge on any atom is -0.353 e. The van der Waals surface area contributed by atoms with Crippen LogP contribution in [0, 0.1) is 17.1 Å². The van der Waals surface area contributed by atoms with Crippen LogP contribution in [0.2, 0.25) is 5.02 Å². The number of aromatic nitrogens is 3. The normalized spacial score (nSPS) is 14.5. The summed E-state index contributed by atoms with van der Waals surface area (Å²) in [6.45, 7) is 4.51. The van der Waals surface area contributed by atoms with E-state index in [0.717, 1.165) is 44.9 Å². The number of hydrogen-bond donors (Lipinski definition) is 2. The Hall–Kier alpha value is -3.86. The van der Waals surface area contributed by atoms with Gasteiger partial charge in [-0.2, -0.15) is 18.4 Å². The van der Waals surface area contributed by atoms with E-state index in [2.05, 4.69) is 41.7 Å². The molecule has 14 heteroatoms. The number of nitrogens with zero attached hydrogens (tertiary/aromatic N) is 6.